The van der Waals surface area contributed by atoms with E-state index in [1.807, 2.05) is 38.1 Å². The molecule has 0 amide bonds. The molecule has 0 aliphatic heterocycles. The zero-order valence-electron chi connectivity index (χ0n) is 11.1. The first kappa shape index (κ1) is 14.4. The molecular formula is C16H17ClOS. The molecule has 2 aromatic carbocycles. The maximum absolute atomic E-state index is 10.3. The Balaban J connectivity index is 2.03. The molecule has 0 heterocycles. The van der Waals surface area contributed by atoms with E-state index >= 15 is 0 Å². The number of hydrogen-bond donors (Lipinski definition) is 1. The molecule has 0 saturated heterocycles. The van der Waals surface area contributed by atoms with E-state index in [2.05, 4.69) is 18.2 Å². The van der Waals surface area contributed by atoms with Gasteiger partial charge in [0.25, 0.3) is 0 Å². The van der Waals surface area contributed by atoms with E-state index in [9.17, 15) is 5.11 Å². The molecule has 3 heteroatoms. The Labute approximate surface area is 123 Å². The van der Waals surface area contributed by atoms with Gasteiger partial charge in [0.1, 0.15) is 0 Å². The van der Waals surface area contributed by atoms with Gasteiger partial charge in [-0.05, 0) is 49.2 Å². The molecule has 0 radical (unpaired) electrons. The molecule has 0 saturated carbocycles. The third-order valence-electron chi connectivity index (χ3n) is 3.02. The second kappa shape index (κ2) is 6.47. The highest BCUT2D eigenvalue weighted by Gasteiger charge is 2.11. The van der Waals surface area contributed by atoms with E-state index in [0.717, 1.165) is 21.0 Å². The van der Waals surface area contributed by atoms with Gasteiger partial charge >= 0.3 is 0 Å². The lowest BCUT2D eigenvalue weighted by atomic mass is 10.0. The van der Waals surface area contributed by atoms with Gasteiger partial charge in [0.15, 0.2) is 0 Å². The molecular weight excluding hydrogens is 276 g/mol. The second-order valence-electron chi connectivity index (χ2n) is 4.64. The fraction of sp³-hybridized carbons (Fsp3) is 0.250. The molecule has 100 valence electrons. The summed E-state index contributed by atoms with van der Waals surface area (Å²) in [6.45, 7) is 4.08. The molecule has 0 aromatic heterocycles. The summed E-state index contributed by atoms with van der Waals surface area (Å²) in [6.07, 6.45) is -0.444. The number of thioether (sulfide) groups is 1. The number of hydrogen-bond acceptors (Lipinski definition) is 2. The van der Waals surface area contributed by atoms with E-state index in [4.69, 9.17) is 11.6 Å². The summed E-state index contributed by atoms with van der Waals surface area (Å²) in [7, 11) is 0. The van der Waals surface area contributed by atoms with Crippen LogP contribution >= 0.6 is 23.4 Å². The van der Waals surface area contributed by atoms with Crippen LogP contribution in [0.1, 0.15) is 22.8 Å². The molecule has 0 aliphatic carbocycles. The molecule has 1 N–H and O–H groups in total. The maximum atomic E-state index is 10.3. The summed E-state index contributed by atoms with van der Waals surface area (Å²) >= 11 is 7.49. The Morgan fingerprint density at radius 2 is 1.79 bits per heavy atom. The minimum Gasteiger partial charge on any atom is -0.388 e. The zero-order valence-corrected chi connectivity index (χ0v) is 12.6. The van der Waals surface area contributed by atoms with E-state index < -0.39 is 6.10 Å². The number of rotatable bonds is 4. The summed E-state index contributed by atoms with van der Waals surface area (Å²) in [4.78, 5) is 1.12. The average molecular weight is 293 g/mol. The van der Waals surface area contributed by atoms with Crippen molar-refractivity contribution in [1.29, 1.82) is 0 Å². The van der Waals surface area contributed by atoms with E-state index in [1.54, 1.807) is 11.8 Å². The lowest BCUT2D eigenvalue weighted by Crippen LogP contribution is -2.03. The fourth-order valence-electron chi connectivity index (χ4n) is 1.91. The largest absolute Gasteiger partial charge is 0.388 e. The summed E-state index contributed by atoms with van der Waals surface area (Å²) in [5, 5.41) is 11.0. The highest BCUT2D eigenvalue weighted by molar-refractivity contribution is 7.99. The van der Waals surface area contributed by atoms with Gasteiger partial charge in [0.2, 0.25) is 0 Å². The average Bonchev–Trinajstić information content (AvgIpc) is 2.40. The molecule has 2 aromatic rings. The summed E-state index contributed by atoms with van der Waals surface area (Å²) < 4.78 is 0. The minimum absolute atomic E-state index is 0.444. The maximum Gasteiger partial charge on any atom is 0.0886 e. The van der Waals surface area contributed by atoms with Crippen LogP contribution in [0.2, 0.25) is 5.02 Å². The van der Waals surface area contributed by atoms with Crippen LogP contribution in [0, 0.1) is 13.8 Å². The molecule has 19 heavy (non-hydrogen) atoms. The van der Waals surface area contributed by atoms with Gasteiger partial charge in [-0.15, -0.1) is 11.8 Å². The molecule has 2 rings (SSSR count). The van der Waals surface area contributed by atoms with Crippen molar-refractivity contribution in [2.24, 2.45) is 0 Å². The third-order valence-corrected chi connectivity index (χ3v) is 4.36. The van der Waals surface area contributed by atoms with Crippen molar-refractivity contribution in [3.63, 3.8) is 0 Å². The van der Waals surface area contributed by atoms with Crippen molar-refractivity contribution in [2.75, 3.05) is 5.75 Å². The first-order chi connectivity index (χ1) is 9.06. The first-order valence-corrected chi connectivity index (χ1v) is 7.56. The van der Waals surface area contributed by atoms with E-state index in [1.165, 1.54) is 5.56 Å². The number of aryl methyl sites for hydroxylation is 2. The van der Waals surface area contributed by atoms with Crippen molar-refractivity contribution in [3.05, 3.63) is 64.2 Å². The first-order valence-electron chi connectivity index (χ1n) is 6.20. The van der Waals surface area contributed by atoms with E-state index in [0.29, 0.717) is 5.75 Å². The third kappa shape index (κ3) is 4.00. The van der Waals surface area contributed by atoms with Gasteiger partial charge in [-0.1, -0.05) is 35.4 Å². The van der Waals surface area contributed by atoms with Crippen LogP contribution in [0.3, 0.4) is 0 Å². The normalized spacial score (nSPS) is 12.4. The fourth-order valence-corrected chi connectivity index (χ4v) is 2.90. The SMILES string of the molecule is Cc1ccc(C)c(C(O)CSc2ccc(Cl)cc2)c1. The molecule has 1 unspecified atom stereocenters. The van der Waals surface area contributed by atoms with E-state index in [-0.39, 0.29) is 0 Å². The van der Waals surface area contributed by atoms with Crippen molar-refractivity contribution in [2.45, 2.75) is 24.8 Å². The highest BCUT2D eigenvalue weighted by Crippen LogP contribution is 2.27. The smallest absolute Gasteiger partial charge is 0.0886 e. The van der Waals surface area contributed by atoms with Crippen molar-refractivity contribution in [3.8, 4) is 0 Å². The van der Waals surface area contributed by atoms with Gasteiger partial charge in [-0.3, -0.25) is 0 Å². The van der Waals surface area contributed by atoms with Crippen LogP contribution in [0.25, 0.3) is 0 Å². The Morgan fingerprint density at radius 3 is 2.47 bits per heavy atom. The zero-order chi connectivity index (χ0) is 13.8. The number of benzene rings is 2. The lowest BCUT2D eigenvalue weighted by molar-refractivity contribution is 0.203. The Hall–Kier alpha value is -0.960. The minimum atomic E-state index is -0.444. The number of halogens is 1. The standard InChI is InChI=1S/C16H17ClOS/c1-11-3-4-12(2)15(9-11)16(18)10-19-14-7-5-13(17)6-8-14/h3-9,16,18H,10H2,1-2H3. The van der Waals surface area contributed by atoms with Gasteiger partial charge in [-0.2, -0.15) is 0 Å². The summed E-state index contributed by atoms with van der Waals surface area (Å²) in [5.74, 6) is 0.645. The van der Waals surface area contributed by atoms with Gasteiger partial charge in [-0.25, -0.2) is 0 Å². The molecule has 0 spiro atoms. The monoisotopic (exact) mass is 292 g/mol. The Morgan fingerprint density at radius 1 is 1.11 bits per heavy atom. The molecule has 0 fully saturated rings. The number of aliphatic hydroxyl groups excluding tert-OH is 1. The van der Waals surface area contributed by atoms with Gasteiger partial charge in [0, 0.05) is 15.7 Å². The highest BCUT2D eigenvalue weighted by atomic mass is 35.5. The second-order valence-corrected chi connectivity index (χ2v) is 6.17. The molecule has 0 aliphatic rings. The van der Waals surface area contributed by atoms with Crippen LogP contribution in [0.5, 0.6) is 0 Å². The van der Waals surface area contributed by atoms with Crippen molar-refractivity contribution < 1.29 is 5.11 Å². The van der Waals surface area contributed by atoms with Crippen LogP contribution in [0.15, 0.2) is 47.4 Å². The summed E-state index contributed by atoms with van der Waals surface area (Å²) in [5.41, 5.74) is 3.33. The quantitative estimate of drug-likeness (QED) is 0.818. The molecule has 1 nitrogen and oxygen atoms in total. The van der Waals surface area contributed by atoms with Gasteiger partial charge < -0.3 is 5.11 Å². The Bertz CT molecular complexity index is 551. The van der Waals surface area contributed by atoms with Crippen LogP contribution < -0.4 is 0 Å². The van der Waals surface area contributed by atoms with Gasteiger partial charge in [0.05, 0.1) is 6.10 Å². The van der Waals surface area contributed by atoms with Crippen LogP contribution in [0.4, 0.5) is 0 Å². The van der Waals surface area contributed by atoms with Crippen LogP contribution in [-0.4, -0.2) is 10.9 Å². The number of aliphatic hydroxyl groups is 1. The van der Waals surface area contributed by atoms with Crippen molar-refractivity contribution >= 4 is 23.4 Å². The molecule has 1 atom stereocenters. The predicted molar refractivity (Wildman–Crippen MR) is 83.1 cm³/mol. The predicted octanol–water partition coefficient (Wildman–Crippen LogP) is 4.78. The van der Waals surface area contributed by atoms with Crippen molar-refractivity contribution in [1.82, 2.24) is 0 Å². The molecule has 0 bridgehead atoms. The lowest BCUT2D eigenvalue weighted by Gasteiger charge is -2.14. The Kier molecular flexibility index (Phi) is 4.92. The topological polar surface area (TPSA) is 20.2 Å². The van der Waals surface area contributed by atoms with Crippen LogP contribution in [-0.2, 0) is 0 Å². The summed E-state index contributed by atoms with van der Waals surface area (Å²) in [6, 6.07) is 13.9.